The Morgan fingerprint density at radius 2 is 1.22 bits per heavy atom. The molecule has 0 aromatic heterocycles. The number of ether oxygens (including phenoxy) is 2. The molecule has 10 rings (SSSR count). The summed E-state index contributed by atoms with van der Waals surface area (Å²) in [6, 6.07) is 5.30. The standard InChI is InChI=1S/C30H40O2/c1-18-27(30-13-22-5-23(14-30)7-24(6-22)15-30)8-25(9-28(18)32-17-26-16-31-26)29-10-19-2-20(11-29)4-21(3-19)12-29/h8-9,19-24,26H,2-7,10-17H2,1H3. The van der Waals surface area contributed by atoms with Gasteiger partial charge in [-0.2, -0.15) is 0 Å². The molecule has 1 aromatic rings. The van der Waals surface area contributed by atoms with Gasteiger partial charge in [0.05, 0.1) is 6.61 Å². The van der Waals surface area contributed by atoms with Crippen LogP contribution in [0, 0.1) is 42.4 Å². The molecule has 1 aromatic carbocycles. The molecule has 1 saturated heterocycles. The highest BCUT2D eigenvalue weighted by atomic mass is 16.6. The first-order valence-electron chi connectivity index (χ1n) is 14.0. The lowest BCUT2D eigenvalue weighted by atomic mass is 9.46. The van der Waals surface area contributed by atoms with Crippen LogP contribution in [0.1, 0.15) is 93.7 Å². The zero-order chi connectivity index (χ0) is 21.1. The van der Waals surface area contributed by atoms with Crippen LogP contribution in [0.15, 0.2) is 12.1 Å². The zero-order valence-electron chi connectivity index (χ0n) is 19.9. The number of hydrogen-bond donors (Lipinski definition) is 0. The molecule has 1 atom stereocenters. The third-order valence-corrected chi connectivity index (χ3v) is 11.4. The van der Waals surface area contributed by atoms with Crippen LogP contribution in [0.2, 0.25) is 0 Å². The molecule has 2 heteroatoms. The zero-order valence-corrected chi connectivity index (χ0v) is 19.9. The van der Waals surface area contributed by atoms with Crippen LogP contribution in [-0.4, -0.2) is 19.3 Å². The highest BCUT2D eigenvalue weighted by Gasteiger charge is 2.54. The van der Waals surface area contributed by atoms with Crippen LogP contribution in [0.3, 0.4) is 0 Å². The SMILES string of the molecule is Cc1c(OCC2CO2)cc(C23CC4CC(CC(C4)C2)C3)cc1C12CC3CC(CC(C3)C1)C2. The first kappa shape index (κ1) is 19.3. The van der Waals surface area contributed by atoms with Gasteiger partial charge in [0.2, 0.25) is 0 Å². The molecule has 1 unspecified atom stereocenters. The monoisotopic (exact) mass is 432 g/mol. The van der Waals surface area contributed by atoms with Gasteiger partial charge in [-0.25, -0.2) is 0 Å². The minimum Gasteiger partial charge on any atom is -0.490 e. The summed E-state index contributed by atoms with van der Waals surface area (Å²) in [6.45, 7) is 4.02. The topological polar surface area (TPSA) is 21.8 Å². The molecule has 0 N–H and O–H groups in total. The van der Waals surface area contributed by atoms with Gasteiger partial charge in [0.25, 0.3) is 0 Å². The van der Waals surface area contributed by atoms with E-state index in [1.807, 2.05) is 0 Å². The summed E-state index contributed by atoms with van der Waals surface area (Å²) in [4.78, 5) is 0. The summed E-state index contributed by atoms with van der Waals surface area (Å²) in [5, 5.41) is 0. The maximum atomic E-state index is 6.54. The summed E-state index contributed by atoms with van der Waals surface area (Å²) in [5.74, 6) is 7.17. The molecule has 0 radical (unpaired) electrons. The molecule has 9 fully saturated rings. The Morgan fingerprint density at radius 3 is 1.69 bits per heavy atom. The summed E-state index contributed by atoms with van der Waals surface area (Å²) < 4.78 is 12.0. The Balaban J connectivity index is 1.24. The van der Waals surface area contributed by atoms with Gasteiger partial charge in [-0.3, -0.25) is 0 Å². The molecular formula is C30H40O2. The van der Waals surface area contributed by atoms with E-state index in [9.17, 15) is 0 Å². The van der Waals surface area contributed by atoms with Crippen LogP contribution in [-0.2, 0) is 15.6 Å². The minimum atomic E-state index is 0.334. The maximum absolute atomic E-state index is 6.54. The van der Waals surface area contributed by atoms with Crippen LogP contribution in [0.4, 0.5) is 0 Å². The fraction of sp³-hybridized carbons (Fsp3) is 0.800. The van der Waals surface area contributed by atoms with Gasteiger partial charge in [0.15, 0.2) is 0 Å². The number of hydrogen-bond acceptors (Lipinski definition) is 2. The van der Waals surface area contributed by atoms with Crippen LogP contribution >= 0.6 is 0 Å². The highest BCUT2D eigenvalue weighted by molar-refractivity contribution is 5.50. The number of benzene rings is 1. The number of rotatable bonds is 5. The van der Waals surface area contributed by atoms with Crippen molar-refractivity contribution in [1.82, 2.24) is 0 Å². The van der Waals surface area contributed by atoms with E-state index in [0.29, 0.717) is 16.9 Å². The molecule has 32 heavy (non-hydrogen) atoms. The summed E-state index contributed by atoms with van der Waals surface area (Å²) in [6.07, 6.45) is 18.2. The van der Waals surface area contributed by atoms with Gasteiger partial charge in [-0.05, 0) is 153 Å². The van der Waals surface area contributed by atoms with Crippen molar-refractivity contribution in [3.05, 3.63) is 28.8 Å². The summed E-state index contributed by atoms with van der Waals surface area (Å²) in [7, 11) is 0. The van der Waals surface area contributed by atoms with Crippen molar-refractivity contribution >= 4 is 0 Å². The molecule has 8 bridgehead atoms. The van der Waals surface area contributed by atoms with Crippen LogP contribution in [0.25, 0.3) is 0 Å². The van der Waals surface area contributed by atoms with Crippen LogP contribution in [0.5, 0.6) is 5.75 Å². The normalized spacial score (nSPS) is 49.6. The second-order valence-corrected chi connectivity index (χ2v) is 13.8. The largest absolute Gasteiger partial charge is 0.490 e. The predicted molar refractivity (Wildman–Crippen MR) is 126 cm³/mol. The van der Waals surface area contributed by atoms with Gasteiger partial charge in [-0.1, -0.05) is 6.07 Å². The Labute approximate surface area is 193 Å². The van der Waals surface area contributed by atoms with E-state index in [1.165, 1.54) is 88.4 Å². The highest BCUT2D eigenvalue weighted by Crippen LogP contribution is 2.64. The van der Waals surface area contributed by atoms with E-state index < -0.39 is 0 Å². The molecule has 172 valence electrons. The van der Waals surface area contributed by atoms with Crippen molar-refractivity contribution in [2.45, 2.75) is 101 Å². The van der Waals surface area contributed by atoms with Crippen molar-refractivity contribution < 1.29 is 9.47 Å². The molecule has 1 aliphatic heterocycles. The second kappa shape index (κ2) is 6.55. The Kier molecular flexibility index (Phi) is 3.95. The Bertz CT molecular complexity index is 870. The lowest BCUT2D eigenvalue weighted by Gasteiger charge is -2.59. The first-order valence-corrected chi connectivity index (χ1v) is 14.0. The van der Waals surface area contributed by atoms with Crippen molar-refractivity contribution in [2.24, 2.45) is 35.5 Å². The minimum absolute atomic E-state index is 0.334. The van der Waals surface area contributed by atoms with E-state index in [2.05, 4.69) is 19.1 Å². The van der Waals surface area contributed by atoms with Gasteiger partial charge < -0.3 is 9.47 Å². The fourth-order valence-electron chi connectivity index (χ4n) is 10.9. The van der Waals surface area contributed by atoms with Gasteiger partial charge in [0.1, 0.15) is 18.5 Å². The average molecular weight is 433 g/mol. The molecule has 2 nitrogen and oxygen atoms in total. The number of epoxide rings is 1. The van der Waals surface area contributed by atoms with Gasteiger partial charge in [-0.15, -0.1) is 0 Å². The van der Waals surface area contributed by atoms with Crippen molar-refractivity contribution in [3.8, 4) is 5.75 Å². The van der Waals surface area contributed by atoms with Crippen LogP contribution < -0.4 is 4.74 Å². The molecular weight excluding hydrogens is 392 g/mol. The Morgan fingerprint density at radius 1 is 0.750 bits per heavy atom. The molecule has 0 spiro atoms. The van der Waals surface area contributed by atoms with E-state index in [4.69, 9.17) is 9.47 Å². The third-order valence-electron chi connectivity index (χ3n) is 11.4. The molecule has 9 aliphatic rings. The van der Waals surface area contributed by atoms with Crippen molar-refractivity contribution in [1.29, 1.82) is 0 Å². The molecule has 8 aliphatic carbocycles. The molecule has 8 saturated carbocycles. The van der Waals surface area contributed by atoms with E-state index >= 15 is 0 Å². The summed E-state index contributed by atoms with van der Waals surface area (Å²) in [5.41, 5.74) is 5.77. The lowest BCUT2D eigenvalue weighted by Crippen LogP contribution is -2.50. The van der Waals surface area contributed by atoms with E-state index in [1.54, 1.807) is 11.1 Å². The molecule has 0 amide bonds. The van der Waals surface area contributed by atoms with Crippen molar-refractivity contribution in [2.75, 3.05) is 13.2 Å². The van der Waals surface area contributed by atoms with Crippen molar-refractivity contribution in [3.63, 3.8) is 0 Å². The average Bonchev–Trinajstić information content (AvgIpc) is 3.55. The predicted octanol–water partition coefficient (Wildman–Crippen LogP) is 6.71. The quantitative estimate of drug-likeness (QED) is 0.482. The smallest absolute Gasteiger partial charge is 0.122 e. The third kappa shape index (κ3) is 2.87. The van der Waals surface area contributed by atoms with E-state index in [0.717, 1.165) is 48.7 Å². The van der Waals surface area contributed by atoms with Gasteiger partial charge >= 0.3 is 0 Å². The Hall–Kier alpha value is -1.02. The van der Waals surface area contributed by atoms with E-state index in [-0.39, 0.29) is 0 Å². The maximum Gasteiger partial charge on any atom is 0.122 e. The second-order valence-electron chi connectivity index (χ2n) is 13.8. The first-order chi connectivity index (χ1) is 15.6. The summed E-state index contributed by atoms with van der Waals surface area (Å²) >= 11 is 0. The van der Waals surface area contributed by atoms with Gasteiger partial charge in [0, 0.05) is 0 Å². The molecule has 1 heterocycles. The fourth-order valence-corrected chi connectivity index (χ4v) is 10.9. The lowest BCUT2D eigenvalue weighted by molar-refractivity contribution is -0.00876.